The van der Waals surface area contributed by atoms with Crippen LogP contribution in [0.5, 0.6) is 5.75 Å². The first-order chi connectivity index (χ1) is 10.1. The number of hydrogen-bond acceptors (Lipinski definition) is 2. The molecule has 0 aliphatic rings. The van der Waals surface area contributed by atoms with Gasteiger partial charge in [0.15, 0.2) is 11.6 Å². The predicted octanol–water partition coefficient (Wildman–Crippen LogP) is 4.60. The Bertz CT molecular complexity index is 632. The van der Waals surface area contributed by atoms with Gasteiger partial charge in [0.05, 0.1) is 11.1 Å². The molecule has 0 heterocycles. The predicted molar refractivity (Wildman–Crippen MR) is 80.3 cm³/mol. The Labute approximate surface area is 130 Å². The highest BCUT2D eigenvalue weighted by atomic mass is 79.9. The Hall–Kier alpha value is -1.46. The molecule has 0 aliphatic heterocycles. The molecular weight excluding hydrogens is 342 g/mol. The molecule has 112 valence electrons. The maximum absolute atomic E-state index is 13.6. The minimum absolute atomic E-state index is 0.0831. The van der Waals surface area contributed by atoms with E-state index in [1.54, 1.807) is 24.3 Å². The van der Waals surface area contributed by atoms with Gasteiger partial charge in [-0.15, -0.1) is 0 Å². The molecule has 0 saturated carbocycles. The van der Waals surface area contributed by atoms with Crippen molar-refractivity contribution in [3.05, 3.63) is 63.6 Å². The van der Waals surface area contributed by atoms with E-state index in [-0.39, 0.29) is 10.0 Å². The van der Waals surface area contributed by atoms with Crippen LogP contribution in [0.4, 0.5) is 8.78 Å². The minimum atomic E-state index is -1.11. The molecule has 2 nitrogen and oxygen atoms in total. The highest BCUT2D eigenvalue weighted by Crippen LogP contribution is 2.35. The van der Waals surface area contributed by atoms with Crippen molar-refractivity contribution in [3.8, 4) is 5.75 Å². The second kappa shape index (κ2) is 7.00. The van der Waals surface area contributed by atoms with Crippen LogP contribution in [0.1, 0.15) is 30.6 Å². The monoisotopic (exact) mass is 356 g/mol. The summed E-state index contributed by atoms with van der Waals surface area (Å²) >= 11 is 2.99. The molecular formula is C16H15BrF2O2. The Morgan fingerprint density at radius 1 is 1.14 bits per heavy atom. The van der Waals surface area contributed by atoms with Gasteiger partial charge in [0.25, 0.3) is 0 Å². The molecule has 0 spiro atoms. The Kier molecular flexibility index (Phi) is 5.31. The largest absolute Gasteiger partial charge is 0.493 e. The molecule has 2 aromatic rings. The topological polar surface area (TPSA) is 29.5 Å². The molecule has 0 radical (unpaired) electrons. The molecule has 1 N–H and O–H groups in total. The van der Waals surface area contributed by atoms with Gasteiger partial charge in [-0.05, 0) is 34.5 Å². The number of para-hydroxylation sites is 1. The number of rotatable bonds is 5. The van der Waals surface area contributed by atoms with Gasteiger partial charge in [-0.1, -0.05) is 31.2 Å². The molecule has 2 aromatic carbocycles. The summed E-state index contributed by atoms with van der Waals surface area (Å²) in [5.74, 6) is -1.45. The Balaban J connectivity index is 2.41. The van der Waals surface area contributed by atoms with Crippen LogP contribution in [-0.2, 0) is 0 Å². The number of aliphatic hydroxyl groups is 1. The summed E-state index contributed by atoms with van der Waals surface area (Å²) in [6, 6.07) is 9.33. The van der Waals surface area contributed by atoms with Crippen LogP contribution in [0.25, 0.3) is 0 Å². The van der Waals surface area contributed by atoms with Crippen LogP contribution in [0.3, 0.4) is 0 Å². The van der Waals surface area contributed by atoms with Crippen LogP contribution in [-0.4, -0.2) is 11.7 Å². The smallest absolute Gasteiger partial charge is 0.173 e. The van der Waals surface area contributed by atoms with Crippen LogP contribution in [0.15, 0.2) is 40.9 Å². The van der Waals surface area contributed by atoms with Gasteiger partial charge in [-0.2, -0.15) is 0 Å². The first kappa shape index (κ1) is 15.9. The fourth-order valence-corrected chi connectivity index (χ4v) is 2.51. The summed E-state index contributed by atoms with van der Waals surface area (Å²) in [5.41, 5.74) is 0.763. The van der Waals surface area contributed by atoms with Crippen molar-refractivity contribution < 1.29 is 18.6 Å². The zero-order valence-corrected chi connectivity index (χ0v) is 13.0. The van der Waals surface area contributed by atoms with E-state index in [0.717, 1.165) is 12.5 Å². The first-order valence-corrected chi connectivity index (χ1v) is 7.38. The van der Waals surface area contributed by atoms with Crippen molar-refractivity contribution in [2.45, 2.75) is 19.4 Å². The number of aliphatic hydroxyl groups excluding tert-OH is 1. The van der Waals surface area contributed by atoms with Crippen molar-refractivity contribution in [1.29, 1.82) is 0 Å². The van der Waals surface area contributed by atoms with Gasteiger partial charge >= 0.3 is 0 Å². The first-order valence-electron chi connectivity index (χ1n) is 6.59. The summed E-state index contributed by atoms with van der Waals surface area (Å²) < 4.78 is 32.3. The summed E-state index contributed by atoms with van der Waals surface area (Å²) in [6.45, 7) is 2.49. The molecule has 5 heteroatoms. The quantitative estimate of drug-likeness (QED) is 0.793. The standard InChI is InChI=1S/C16H15BrF2O2/c1-2-9-21-13-6-4-3-5-10(13)16(20)11-7-8-12(18)15(19)14(11)17/h3-8,16,20H,2,9H2,1H3. The highest BCUT2D eigenvalue weighted by molar-refractivity contribution is 9.10. The fourth-order valence-electron chi connectivity index (χ4n) is 1.97. The zero-order valence-electron chi connectivity index (χ0n) is 11.4. The lowest BCUT2D eigenvalue weighted by Gasteiger charge is -2.17. The van der Waals surface area contributed by atoms with Crippen LogP contribution >= 0.6 is 15.9 Å². The molecule has 0 fully saturated rings. The lowest BCUT2D eigenvalue weighted by Crippen LogP contribution is -2.06. The number of ether oxygens (including phenoxy) is 1. The highest BCUT2D eigenvalue weighted by Gasteiger charge is 2.21. The third-order valence-electron chi connectivity index (χ3n) is 3.03. The maximum Gasteiger partial charge on any atom is 0.173 e. The van der Waals surface area contributed by atoms with Crippen LogP contribution in [0.2, 0.25) is 0 Å². The molecule has 0 aromatic heterocycles. The van der Waals surface area contributed by atoms with E-state index in [2.05, 4.69) is 15.9 Å². The van der Waals surface area contributed by atoms with Crippen molar-refractivity contribution in [2.24, 2.45) is 0 Å². The second-order valence-corrected chi connectivity index (χ2v) is 5.35. The number of benzene rings is 2. The Morgan fingerprint density at radius 2 is 1.86 bits per heavy atom. The molecule has 1 unspecified atom stereocenters. The van der Waals surface area contributed by atoms with E-state index in [1.807, 2.05) is 6.92 Å². The van der Waals surface area contributed by atoms with Gasteiger partial charge in [0.1, 0.15) is 11.9 Å². The molecule has 0 bridgehead atoms. The van der Waals surface area contributed by atoms with Gasteiger partial charge in [-0.3, -0.25) is 0 Å². The van der Waals surface area contributed by atoms with E-state index < -0.39 is 17.7 Å². The molecule has 0 aliphatic carbocycles. The lowest BCUT2D eigenvalue weighted by atomic mass is 10.0. The maximum atomic E-state index is 13.6. The molecule has 2 rings (SSSR count). The van der Waals surface area contributed by atoms with Crippen LogP contribution < -0.4 is 4.74 Å². The van der Waals surface area contributed by atoms with E-state index in [0.29, 0.717) is 17.9 Å². The third kappa shape index (κ3) is 3.41. The average molecular weight is 357 g/mol. The zero-order chi connectivity index (χ0) is 15.4. The van der Waals surface area contributed by atoms with Crippen molar-refractivity contribution in [3.63, 3.8) is 0 Å². The van der Waals surface area contributed by atoms with Crippen molar-refractivity contribution in [2.75, 3.05) is 6.61 Å². The van der Waals surface area contributed by atoms with E-state index in [4.69, 9.17) is 4.74 Å². The minimum Gasteiger partial charge on any atom is -0.493 e. The molecule has 0 amide bonds. The number of halogens is 3. The van der Waals surface area contributed by atoms with E-state index >= 15 is 0 Å². The molecule has 0 saturated heterocycles. The van der Waals surface area contributed by atoms with Gasteiger partial charge in [0.2, 0.25) is 0 Å². The summed E-state index contributed by atoms with van der Waals surface area (Å²) in [4.78, 5) is 0. The fraction of sp³-hybridized carbons (Fsp3) is 0.250. The summed E-state index contributed by atoms with van der Waals surface area (Å²) in [7, 11) is 0. The average Bonchev–Trinajstić information content (AvgIpc) is 2.50. The molecule has 1 atom stereocenters. The number of hydrogen-bond donors (Lipinski definition) is 1. The van der Waals surface area contributed by atoms with Gasteiger partial charge < -0.3 is 9.84 Å². The SMILES string of the molecule is CCCOc1ccccc1C(O)c1ccc(F)c(F)c1Br. The summed E-state index contributed by atoms with van der Waals surface area (Å²) in [5, 5.41) is 10.5. The van der Waals surface area contributed by atoms with E-state index in [9.17, 15) is 13.9 Å². The summed E-state index contributed by atoms with van der Waals surface area (Å²) in [6.07, 6.45) is -0.276. The molecule has 21 heavy (non-hydrogen) atoms. The second-order valence-electron chi connectivity index (χ2n) is 4.55. The van der Waals surface area contributed by atoms with E-state index in [1.165, 1.54) is 6.07 Å². The third-order valence-corrected chi connectivity index (χ3v) is 3.84. The Morgan fingerprint density at radius 3 is 2.57 bits per heavy atom. The lowest BCUT2D eigenvalue weighted by molar-refractivity contribution is 0.209. The normalized spacial score (nSPS) is 12.2. The van der Waals surface area contributed by atoms with Gasteiger partial charge in [0, 0.05) is 11.1 Å². The van der Waals surface area contributed by atoms with Crippen LogP contribution in [0, 0.1) is 11.6 Å². The van der Waals surface area contributed by atoms with Crippen molar-refractivity contribution in [1.82, 2.24) is 0 Å². The van der Waals surface area contributed by atoms with Gasteiger partial charge in [-0.25, -0.2) is 8.78 Å². The van der Waals surface area contributed by atoms with Crippen molar-refractivity contribution >= 4 is 15.9 Å².